The van der Waals surface area contributed by atoms with E-state index in [4.69, 9.17) is 0 Å². The first-order valence-electron chi connectivity index (χ1n) is 6.89. The summed E-state index contributed by atoms with van der Waals surface area (Å²) in [6, 6.07) is 0. The summed E-state index contributed by atoms with van der Waals surface area (Å²) >= 11 is 0. The molecular formula is C16H40BN. The van der Waals surface area contributed by atoms with E-state index in [0.717, 1.165) is 4.48 Å². The van der Waals surface area contributed by atoms with E-state index in [9.17, 15) is 0 Å². The first-order valence-corrected chi connectivity index (χ1v) is 6.89. The van der Waals surface area contributed by atoms with Gasteiger partial charge in [-0.3, -0.25) is 0 Å². The predicted molar refractivity (Wildman–Crippen MR) is 90.6 cm³/mol. The lowest BCUT2D eigenvalue weighted by Gasteiger charge is -2.70. The molecule has 0 radical (unpaired) electrons. The molecule has 0 spiro atoms. The molecular weight excluding hydrogens is 217 g/mol. The van der Waals surface area contributed by atoms with Gasteiger partial charge in [-0.05, 0) is 83.1 Å². The van der Waals surface area contributed by atoms with Gasteiger partial charge in [0, 0.05) is 0 Å². The molecule has 2 heteroatoms. The topological polar surface area (TPSA) is 0 Å². The Morgan fingerprint density at radius 3 is 0.500 bits per heavy atom. The van der Waals surface area contributed by atoms with Crippen LogP contribution in [0.15, 0.2) is 0 Å². The van der Waals surface area contributed by atoms with E-state index in [0.29, 0.717) is 0 Å². The van der Waals surface area contributed by atoms with Gasteiger partial charge in [0.05, 0.1) is 22.2 Å². The summed E-state index contributed by atoms with van der Waals surface area (Å²) in [5, 5.41) is 0. The summed E-state index contributed by atoms with van der Waals surface area (Å²) in [4.78, 5) is 0. The van der Waals surface area contributed by atoms with E-state index in [1.54, 1.807) is 0 Å². The molecule has 0 N–H and O–H groups in total. The van der Waals surface area contributed by atoms with Gasteiger partial charge < -0.3 is 4.48 Å². The fourth-order valence-electron chi connectivity index (χ4n) is 6.04. The zero-order valence-electron chi connectivity index (χ0n) is 14.4. The smallest absolute Gasteiger partial charge is 0.0918 e. The Morgan fingerprint density at radius 2 is 0.500 bits per heavy atom. The second-order valence-corrected chi connectivity index (χ2v) is 9.35. The van der Waals surface area contributed by atoms with Crippen LogP contribution in [0.1, 0.15) is 83.1 Å². The standard InChI is InChI=1S/C16H36N.BH4/c1-13(2,3)17(14(4,5)6,15(7,8)9)16(10,11)12;/h1-12H3;1H4/q+1;-1. The number of hydrogen-bond donors (Lipinski definition) is 0. The molecule has 0 bridgehead atoms. The summed E-state index contributed by atoms with van der Waals surface area (Å²) in [7, 11) is 0. The van der Waals surface area contributed by atoms with Gasteiger partial charge in [-0.15, -0.1) is 0 Å². The number of rotatable bonds is 0. The fraction of sp³-hybridized carbons (Fsp3) is 1.00. The van der Waals surface area contributed by atoms with Gasteiger partial charge in [0.1, 0.15) is 0 Å². The molecule has 18 heavy (non-hydrogen) atoms. The molecule has 0 saturated heterocycles. The van der Waals surface area contributed by atoms with Gasteiger partial charge in [0.2, 0.25) is 0 Å². The maximum Gasteiger partial charge on any atom is 0.0918 e. The molecule has 1 nitrogen and oxygen atoms in total. The Labute approximate surface area is 119 Å². The van der Waals surface area contributed by atoms with Crippen LogP contribution in [0, 0.1) is 0 Å². The average molecular weight is 257 g/mol. The lowest BCUT2D eigenvalue weighted by atomic mass is 9.75. The molecule has 0 atom stereocenters. The zero-order valence-corrected chi connectivity index (χ0v) is 14.4. The van der Waals surface area contributed by atoms with Gasteiger partial charge >= 0.3 is 0 Å². The van der Waals surface area contributed by atoms with E-state index >= 15 is 0 Å². The van der Waals surface area contributed by atoms with Crippen molar-refractivity contribution in [3.05, 3.63) is 0 Å². The Balaban J connectivity index is 0. The fourth-order valence-corrected chi connectivity index (χ4v) is 6.04. The second kappa shape index (κ2) is 4.85. The van der Waals surface area contributed by atoms with Crippen LogP contribution in [0.3, 0.4) is 0 Å². The van der Waals surface area contributed by atoms with Crippen LogP contribution >= 0.6 is 0 Å². The number of quaternary nitrogens is 1. The van der Waals surface area contributed by atoms with Crippen LogP contribution in [-0.4, -0.2) is 35.1 Å². The Kier molecular flexibility index (Phi) is 5.48. The summed E-state index contributed by atoms with van der Waals surface area (Å²) < 4.78 is 1.08. The molecule has 0 rings (SSSR count). The van der Waals surface area contributed by atoms with Crippen molar-refractivity contribution in [1.82, 2.24) is 0 Å². The van der Waals surface area contributed by atoms with Crippen LogP contribution < -0.4 is 0 Å². The van der Waals surface area contributed by atoms with Crippen LogP contribution in [0.2, 0.25) is 0 Å². The highest BCUT2D eigenvalue weighted by Crippen LogP contribution is 2.50. The number of nitrogens with zero attached hydrogens (tertiary/aromatic N) is 1. The first-order chi connectivity index (χ1) is 7.00. The zero-order chi connectivity index (χ0) is 14.5. The first kappa shape index (κ1) is 20.3. The highest BCUT2D eigenvalue weighted by Gasteiger charge is 2.62. The molecule has 0 fully saturated rings. The second-order valence-electron chi connectivity index (χ2n) is 9.35. The predicted octanol–water partition coefficient (Wildman–Crippen LogP) is 3.55. The minimum Gasteiger partial charge on any atom is -0.307 e. The van der Waals surface area contributed by atoms with Crippen molar-refractivity contribution >= 4 is 8.41 Å². The molecule has 0 aromatic rings. The van der Waals surface area contributed by atoms with Crippen molar-refractivity contribution in [2.45, 2.75) is 105 Å². The molecule has 0 unspecified atom stereocenters. The normalized spacial score (nSPS) is 15.3. The van der Waals surface area contributed by atoms with Crippen molar-refractivity contribution in [2.75, 3.05) is 0 Å². The Morgan fingerprint density at radius 1 is 0.389 bits per heavy atom. The van der Waals surface area contributed by atoms with Gasteiger partial charge in [0.25, 0.3) is 0 Å². The van der Waals surface area contributed by atoms with Gasteiger partial charge in [-0.1, -0.05) is 8.41 Å². The van der Waals surface area contributed by atoms with Crippen LogP contribution in [-0.2, 0) is 0 Å². The van der Waals surface area contributed by atoms with E-state index in [1.165, 1.54) is 0 Å². The lowest BCUT2D eigenvalue weighted by Crippen LogP contribution is -2.82. The monoisotopic (exact) mass is 257 g/mol. The molecule has 0 saturated carbocycles. The third-order valence-electron chi connectivity index (χ3n) is 4.02. The summed E-state index contributed by atoms with van der Waals surface area (Å²) in [6.45, 7) is 28.6. The molecule has 0 aliphatic carbocycles. The van der Waals surface area contributed by atoms with Crippen molar-refractivity contribution in [3.63, 3.8) is 0 Å². The lowest BCUT2D eigenvalue weighted by molar-refractivity contribution is -1.08. The van der Waals surface area contributed by atoms with E-state index < -0.39 is 0 Å². The SMILES string of the molecule is CC(C)(C)[N+](C(C)(C)C)(C(C)(C)C)C(C)(C)C.[BH4-]. The highest BCUT2D eigenvalue weighted by molar-refractivity contribution is 5.75. The highest BCUT2D eigenvalue weighted by atomic mass is 15.5. The van der Waals surface area contributed by atoms with Crippen molar-refractivity contribution in [2.24, 2.45) is 0 Å². The van der Waals surface area contributed by atoms with Crippen molar-refractivity contribution in [1.29, 1.82) is 0 Å². The molecule has 0 aromatic carbocycles. The Bertz CT molecular complexity index is 204. The van der Waals surface area contributed by atoms with E-state index in [2.05, 4.69) is 83.1 Å². The molecule has 0 aromatic heterocycles. The van der Waals surface area contributed by atoms with Crippen LogP contribution in [0.5, 0.6) is 0 Å². The third-order valence-corrected chi connectivity index (χ3v) is 4.02. The third kappa shape index (κ3) is 2.79. The number of hydrogen-bond acceptors (Lipinski definition) is 0. The maximum absolute atomic E-state index is 2.38. The minimum absolute atomic E-state index is 0. The van der Waals surface area contributed by atoms with Crippen LogP contribution in [0.4, 0.5) is 0 Å². The van der Waals surface area contributed by atoms with Gasteiger partial charge in [0.15, 0.2) is 0 Å². The maximum atomic E-state index is 2.38. The van der Waals surface area contributed by atoms with Gasteiger partial charge in [-0.25, -0.2) is 0 Å². The molecule has 0 amide bonds. The summed E-state index contributed by atoms with van der Waals surface area (Å²) in [6.07, 6.45) is 0. The molecule has 0 aliphatic rings. The van der Waals surface area contributed by atoms with Crippen LogP contribution in [0.25, 0.3) is 0 Å². The molecule has 112 valence electrons. The van der Waals surface area contributed by atoms with Crippen molar-refractivity contribution in [3.8, 4) is 0 Å². The van der Waals surface area contributed by atoms with E-state index in [-0.39, 0.29) is 30.6 Å². The average Bonchev–Trinajstić information content (AvgIpc) is 1.67. The molecule has 0 heterocycles. The van der Waals surface area contributed by atoms with Crippen molar-refractivity contribution < 1.29 is 4.48 Å². The quantitative estimate of drug-likeness (QED) is 0.460. The molecule has 0 aliphatic heterocycles. The van der Waals surface area contributed by atoms with E-state index in [1.807, 2.05) is 0 Å². The largest absolute Gasteiger partial charge is 0.307 e. The Hall–Kier alpha value is 0.0249. The van der Waals surface area contributed by atoms with Gasteiger partial charge in [-0.2, -0.15) is 0 Å². The summed E-state index contributed by atoms with van der Waals surface area (Å²) in [5.74, 6) is 0. The minimum atomic E-state index is 0. The summed E-state index contributed by atoms with van der Waals surface area (Å²) in [5.41, 5.74) is 0.812.